The summed E-state index contributed by atoms with van der Waals surface area (Å²) < 4.78 is 26.6. The fourth-order valence-corrected chi connectivity index (χ4v) is 2.59. The van der Waals surface area contributed by atoms with E-state index >= 15 is 0 Å². The molecule has 0 aliphatic rings. The van der Waals surface area contributed by atoms with Crippen LogP contribution in [0.3, 0.4) is 0 Å². The fraction of sp³-hybridized carbons (Fsp3) is 0.357. The van der Waals surface area contributed by atoms with Crippen LogP contribution in [0.1, 0.15) is 42.6 Å². The summed E-state index contributed by atoms with van der Waals surface area (Å²) in [7, 11) is 0. The molecule has 0 fully saturated rings. The Morgan fingerprint density at radius 2 is 1.96 bits per heavy atom. The Morgan fingerprint density at radius 3 is 2.43 bits per heavy atom. The summed E-state index contributed by atoms with van der Waals surface area (Å²) in [5.41, 5.74) is -0.379. The molecule has 1 N–H and O–H groups in total. The number of hydrogen-bond acceptors (Lipinski definition) is 6. The zero-order chi connectivity index (χ0) is 16.5. The number of aromatic carboxylic acids is 1. The van der Waals surface area contributed by atoms with Gasteiger partial charge in [-0.15, -0.1) is 11.3 Å². The van der Waals surface area contributed by atoms with E-state index < -0.39 is 12.4 Å². The summed E-state index contributed by atoms with van der Waals surface area (Å²) in [5.74, 6) is -1.11. The molecule has 0 saturated heterocycles. The molecule has 0 atom stereocenters. The van der Waals surface area contributed by atoms with E-state index in [0.717, 1.165) is 11.3 Å². The number of carbonyl (C=O) groups is 1. The van der Waals surface area contributed by atoms with Crippen LogP contribution >= 0.6 is 11.3 Å². The number of aromatic nitrogens is 2. The summed E-state index contributed by atoms with van der Waals surface area (Å²) in [6.07, 6.45) is -0.190. The Labute approximate surface area is 179 Å². The third kappa shape index (κ3) is 5.54. The molecule has 2 aromatic rings. The van der Waals surface area contributed by atoms with E-state index in [1.165, 1.54) is 18.5 Å². The Morgan fingerprint density at radius 1 is 1.30 bits per heavy atom. The average Bonchev–Trinajstić information content (AvgIpc) is 2.86. The van der Waals surface area contributed by atoms with Crippen LogP contribution in [-0.4, -0.2) is 21.5 Å². The van der Waals surface area contributed by atoms with E-state index in [1.54, 1.807) is 0 Å². The number of pyridine rings is 1. The minimum absolute atomic E-state index is 0. The van der Waals surface area contributed by atoms with Crippen molar-refractivity contribution in [2.45, 2.75) is 32.7 Å². The first-order valence-corrected chi connectivity index (χ1v) is 7.23. The molecule has 0 saturated carbocycles. The van der Waals surface area contributed by atoms with Crippen LogP contribution in [-0.2, 0) is 0 Å². The third-order valence-electron chi connectivity index (χ3n) is 2.62. The number of hydrogen-bond donors (Lipinski definition) is 1. The van der Waals surface area contributed by atoms with Gasteiger partial charge < -0.3 is 15.2 Å². The van der Waals surface area contributed by atoms with Crippen molar-refractivity contribution in [3.05, 3.63) is 29.0 Å². The maximum Gasteiger partial charge on any atom is 1.00 e. The first-order valence-electron chi connectivity index (χ1n) is 6.41. The topological polar surface area (TPSA) is 77.9 Å². The summed E-state index contributed by atoms with van der Waals surface area (Å²) in [4.78, 5) is 18.8. The number of nitrogens with one attached hydrogen (secondary N) is 1. The number of rotatable bonds is 4. The number of nitrogens with zero attached hydrogens (tertiary/aromatic N) is 2. The SMILES string of the molecule is CC(C)(C)Nc1cc(C(F)F)c(-c2cnc(C(=O)[O-])s2)cn1.[K+]. The third-order valence-corrected chi connectivity index (χ3v) is 3.63. The second-order valence-electron chi connectivity index (χ2n) is 5.65. The number of carbonyl (C=O) groups excluding carboxylic acids is 1. The van der Waals surface area contributed by atoms with Crippen molar-refractivity contribution >= 4 is 23.1 Å². The molecule has 2 rings (SSSR count). The van der Waals surface area contributed by atoms with Gasteiger partial charge in [-0.2, -0.15) is 0 Å². The molecule has 0 amide bonds. The molecule has 0 unspecified atom stereocenters. The predicted octanol–water partition coefficient (Wildman–Crippen LogP) is -0.279. The molecule has 5 nitrogen and oxygen atoms in total. The van der Waals surface area contributed by atoms with E-state index in [-0.39, 0.29) is 73.1 Å². The molecule has 0 spiro atoms. The van der Waals surface area contributed by atoms with Gasteiger partial charge in [0.1, 0.15) is 16.8 Å². The quantitative estimate of drug-likeness (QED) is 0.754. The smallest absolute Gasteiger partial charge is 0.542 e. The summed E-state index contributed by atoms with van der Waals surface area (Å²) in [6, 6.07) is 1.27. The number of carboxylic acid groups (broad SMARTS) is 1. The van der Waals surface area contributed by atoms with Crippen LogP contribution < -0.4 is 61.8 Å². The second kappa shape index (κ2) is 8.08. The van der Waals surface area contributed by atoms with Crippen LogP contribution in [0.5, 0.6) is 0 Å². The molecular weight excluding hydrogens is 351 g/mol. The molecule has 2 heterocycles. The van der Waals surface area contributed by atoms with E-state index in [1.807, 2.05) is 20.8 Å². The van der Waals surface area contributed by atoms with Gasteiger partial charge in [-0.25, -0.2) is 18.7 Å². The van der Waals surface area contributed by atoms with Gasteiger partial charge in [0.2, 0.25) is 0 Å². The van der Waals surface area contributed by atoms with Crippen molar-refractivity contribution in [1.29, 1.82) is 0 Å². The summed E-state index contributed by atoms with van der Waals surface area (Å²) in [5, 5.41) is 13.5. The summed E-state index contributed by atoms with van der Waals surface area (Å²) in [6.45, 7) is 5.67. The van der Waals surface area contributed by atoms with Crippen molar-refractivity contribution in [1.82, 2.24) is 9.97 Å². The zero-order valence-electron chi connectivity index (χ0n) is 13.2. The second-order valence-corrected chi connectivity index (χ2v) is 6.68. The van der Waals surface area contributed by atoms with Crippen LogP contribution in [0.15, 0.2) is 18.5 Å². The van der Waals surface area contributed by atoms with Crippen molar-refractivity contribution in [3.8, 4) is 10.4 Å². The van der Waals surface area contributed by atoms with Gasteiger partial charge in [0.25, 0.3) is 6.43 Å². The number of carboxylic acids is 1. The molecule has 2 aromatic heterocycles. The van der Waals surface area contributed by atoms with Gasteiger partial charge in [0.05, 0.1) is 4.88 Å². The van der Waals surface area contributed by atoms with E-state index in [4.69, 9.17) is 0 Å². The molecule has 0 bridgehead atoms. The number of thiazole rings is 1. The monoisotopic (exact) mass is 365 g/mol. The first kappa shape index (κ1) is 20.6. The molecule has 0 radical (unpaired) electrons. The maximum atomic E-state index is 13.3. The Kier molecular flexibility index (Phi) is 7.24. The largest absolute Gasteiger partial charge is 1.00 e. The van der Waals surface area contributed by atoms with Crippen LogP contribution in [0, 0.1) is 0 Å². The molecule has 0 aliphatic heterocycles. The van der Waals surface area contributed by atoms with Gasteiger partial charge in [-0.1, -0.05) is 0 Å². The normalized spacial score (nSPS) is 11.2. The van der Waals surface area contributed by atoms with Crippen LogP contribution in [0.25, 0.3) is 10.4 Å². The minimum Gasteiger partial charge on any atom is -0.542 e. The van der Waals surface area contributed by atoms with E-state index in [2.05, 4.69) is 15.3 Å². The summed E-state index contributed by atoms with van der Waals surface area (Å²) >= 11 is 0.778. The molecule has 0 aliphatic carbocycles. The van der Waals surface area contributed by atoms with Gasteiger partial charge >= 0.3 is 51.4 Å². The molecule has 0 aromatic carbocycles. The van der Waals surface area contributed by atoms with Crippen molar-refractivity contribution in [2.75, 3.05) is 5.32 Å². The van der Waals surface area contributed by atoms with Crippen molar-refractivity contribution in [2.24, 2.45) is 0 Å². The van der Waals surface area contributed by atoms with Crippen LogP contribution in [0.2, 0.25) is 0 Å². The average molecular weight is 365 g/mol. The van der Waals surface area contributed by atoms with Gasteiger partial charge in [-0.3, -0.25) is 0 Å². The van der Waals surface area contributed by atoms with Crippen molar-refractivity contribution < 1.29 is 70.1 Å². The number of alkyl halides is 2. The Balaban J connectivity index is 0.00000264. The molecule has 23 heavy (non-hydrogen) atoms. The zero-order valence-corrected chi connectivity index (χ0v) is 17.1. The van der Waals surface area contributed by atoms with E-state index in [9.17, 15) is 18.7 Å². The predicted molar refractivity (Wildman–Crippen MR) is 78.0 cm³/mol. The number of anilines is 1. The van der Waals surface area contributed by atoms with Gasteiger partial charge in [-0.05, 0) is 26.8 Å². The first-order chi connectivity index (χ1) is 10.2. The minimum atomic E-state index is -2.72. The number of halogens is 2. The standard InChI is InChI=1S/C14H15F2N3O2S.K/c1-14(2,3)19-10-4-7(11(15)16)8(5-17-10)9-6-18-12(22-9)13(20)21;/h4-6,11H,1-3H3,(H,17,19)(H,20,21);/q;+1/p-1. The molecule has 118 valence electrons. The Hall–Kier alpha value is -0.454. The Bertz CT molecular complexity index is 702. The van der Waals surface area contributed by atoms with Gasteiger partial charge in [0, 0.05) is 29.1 Å². The fourth-order valence-electron chi connectivity index (χ4n) is 1.80. The van der Waals surface area contributed by atoms with Gasteiger partial charge in [0.15, 0.2) is 0 Å². The molecular formula is C14H14F2KN3O2S. The maximum absolute atomic E-state index is 13.3. The van der Waals surface area contributed by atoms with Crippen LogP contribution in [0.4, 0.5) is 14.6 Å². The molecule has 9 heteroatoms. The van der Waals surface area contributed by atoms with Crippen molar-refractivity contribution in [3.63, 3.8) is 0 Å². The van der Waals surface area contributed by atoms with E-state index in [0.29, 0.717) is 10.7 Å².